The minimum Gasteiger partial charge on any atom is -0.481 e. The van der Waals surface area contributed by atoms with Gasteiger partial charge in [0.25, 0.3) is 0 Å². The SMILES string of the molecule is CCC.CCC1(c2cccc(OC(=O)C(CC(=O)O)CC(=O)NCC(=O)O)c2)CCCCN(C)C1. The number of ether oxygens (including phenoxy) is 1. The normalized spacial score (nSPS) is 18.9. The minimum atomic E-state index is -1.25. The molecule has 9 heteroatoms. The number of carbonyl (C=O) groups is 4. The van der Waals surface area contributed by atoms with Crippen molar-refractivity contribution in [3.63, 3.8) is 0 Å². The molecule has 196 valence electrons. The van der Waals surface area contributed by atoms with E-state index in [-0.39, 0.29) is 5.41 Å². The van der Waals surface area contributed by atoms with Gasteiger partial charge in [-0.2, -0.15) is 0 Å². The summed E-state index contributed by atoms with van der Waals surface area (Å²) in [5.41, 5.74) is 0.998. The number of carboxylic acid groups (broad SMARTS) is 2. The molecular formula is C26H40N2O7. The van der Waals surface area contributed by atoms with E-state index in [2.05, 4.69) is 38.0 Å². The number of nitrogens with zero attached hydrogens (tertiary/aromatic N) is 1. The van der Waals surface area contributed by atoms with E-state index in [4.69, 9.17) is 14.9 Å². The van der Waals surface area contributed by atoms with Crippen molar-refractivity contribution in [1.82, 2.24) is 10.2 Å². The van der Waals surface area contributed by atoms with Crippen LogP contribution in [0.15, 0.2) is 24.3 Å². The standard InChI is InChI=1S/C23H32N2O7.C3H8/c1-3-23(9-4-5-10-25(2)15-23)17-7-6-8-18(13-17)32-22(31)16(12-20(27)28)11-19(26)24-14-21(29)30;1-3-2/h6-8,13,16H,3-5,9-12,14-15H2,1-2H3,(H,24,26)(H,27,28)(H,29,30);3H2,1-2H3. The number of carboxylic acids is 2. The molecule has 0 radical (unpaired) electrons. The van der Waals surface area contributed by atoms with E-state index < -0.39 is 49.1 Å². The van der Waals surface area contributed by atoms with Gasteiger partial charge in [-0.1, -0.05) is 45.7 Å². The highest BCUT2D eigenvalue weighted by molar-refractivity contribution is 5.88. The van der Waals surface area contributed by atoms with Gasteiger partial charge < -0.3 is 25.2 Å². The molecule has 35 heavy (non-hydrogen) atoms. The Morgan fingerprint density at radius 1 is 1.09 bits per heavy atom. The second kappa shape index (κ2) is 15.1. The molecule has 3 N–H and O–H groups in total. The van der Waals surface area contributed by atoms with Gasteiger partial charge in [-0.15, -0.1) is 0 Å². The van der Waals surface area contributed by atoms with Gasteiger partial charge in [-0.05, 0) is 50.6 Å². The van der Waals surface area contributed by atoms with Crippen molar-refractivity contribution >= 4 is 23.8 Å². The molecule has 1 aromatic rings. The Bertz CT molecular complexity index is 858. The molecule has 0 aromatic heterocycles. The average molecular weight is 493 g/mol. The van der Waals surface area contributed by atoms with E-state index in [0.29, 0.717) is 5.75 Å². The molecule has 0 spiro atoms. The van der Waals surface area contributed by atoms with Crippen molar-refractivity contribution in [3.05, 3.63) is 29.8 Å². The highest BCUT2D eigenvalue weighted by Crippen LogP contribution is 2.37. The third-order valence-corrected chi connectivity index (χ3v) is 5.98. The van der Waals surface area contributed by atoms with Gasteiger partial charge in [-0.3, -0.25) is 19.2 Å². The second-order valence-electron chi connectivity index (χ2n) is 9.15. The molecule has 1 aromatic carbocycles. The van der Waals surface area contributed by atoms with Crippen LogP contribution in [-0.4, -0.2) is 65.6 Å². The zero-order valence-electron chi connectivity index (χ0n) is 21.3. The summed E-state index contributed by atoms with van der Waals surface area (Å²) in [7, 11) is 2.10. The van der Waals surface area contributed by atoms with Gasteiger partial charge in [0.2, 0.25) is 5.91 Å². The molecule has 1 aliphatic rings. The van der Waals surface area contributed by atoms with Gasteiger partial charge >= 0.3 is 17.9 Å². The number of likely N-dealkylation sites (tertiary alicyclic amines) is 1. The van der Waals surface area contributed by atoms with Gasteiger partial charge in [0.15, 0.2) is 0 Å². The summed E-state index contributed by atoms with van der Waals surface area (Å²) >= 11 is 0. The maximum atomic E-state index is 12.7. The van der Waals surface area contributed by atoms with E-state index in [9.17, 15) is 19.2 Å². The van der Waals surface area contributed by atoms with E-state index in [1.54, 1.807) is 6.07 Å². The summed E-state index contributed by atoms with van der Waals surface area (Å²) in [6.07, 6.45) is 4.38. The topological polar surface area (TPSA) is 133 Å². The first-order valence-corrected chi connectivity index (χ1v) is 12.3. The first-order valence-electron chi connectivity index (χ1n) is 12.3. The van der Waals surface area contributed by atoms with Crippen LogP contribution in [0.2, 0.25) is 0 Å². The fourth-order valence-corrected chi connectivity index (χ4v) is 4.26. The van der Waals surface area contributed by atoms with Crippen molar-refractivity contribution in [2.45, 2.75) is 71.1 Å². The number of hydrogen-bond donors (Lipinski definition) is 3. The third kappa shape index (κ3) is 10.5. The van der Waals surface area contributed by atoms with Gasteiger partial charge in [0, 0.05) is 18.4 Å². The molecule has 9 nitrogen and oxygen atoms in total. The molecule has 0 aliphatic carbocycles. The lowest BCUT2D eigenvalue weighted by molar-refractivity contribution is -0.148. The minimum absolute atomic E-state index is 0.0646. The number of carbonyl (C=O) groups excluding carboxylic acids is 2. The van der Waals surface area contributed by atoms with E-state index in [1.165, 1.54) is 6.42 Å². The Kier molecular flexibility index (Phi) is 13.0. The number of likely N-dealkylation sites (N-methyl/N-ethyl adjacent to an activating group) is 1. The molecule has 0 saturated carbocycles. The number of benzene rings is 1. The van der Waals surface area contributed by atoms with Gasteiger partial charge in [-0.25, -0.2) is 0 Å². The maximum absolute atomic E-state index is 12.7. The summed E-state index contributed by atoms with van der Waals surface area (Å²) in [4.78, 5) is 48.7. The monoisotopic (exact) mass is 492 g/mol. The molecule has 2 atom stereocenters. The lowest BCUT2D eigenvalue weighted by Gasteiger charge is -2.35. The summed E-state index contributed by atoms with van der Waals surface area (Å²) in [5.74, 6) is -4.98. The Morgan fingerprint density at radius 2 is 1.77 bits per heavy atom. The van der Waals surface area contributed by atoms with Crippen LogP contribution in [0.1, 0.15) is 71.3 Å². The molecule has 2 unspecified atom stereocenters. The molecule has 1 heterocycles. The molecular weight excluding hydrogens is 452 g/mol. The lowest BCUT2D eigenvalue weighted by atomic mass is 9.74. The van der Waals surface area contributed by atoms with Crippen molar-refractivity contribution < 1.29 is 34.1 Å². The van der Waals surface area contributed by atoms with E-state index >= 15 is 0 Å². The fourth-order valence-electron chi connectivity index (χ4n) is 4.26. The first-order chi connectivity index (χ1) is 16.6. The first kappa shape index (κ1) is 30.1. The maximum Gasteiger partial charge on any atom is 0.322 e. The highest BCUT2D eigenvalue weighted by atomic mass is 16.5. The lowest BCUT2D eigenvalue weighted by Crippen LogP contribution is -2.37. The van der Waals surface area contributed by atoms with Crippen molar-refractivity contribution in [2.24, 2.45) is 5.92 Å². The molecule has 0 bridgehead atoms. The average Bonchev–Trinajstić information content (AvgIpc) is 2.99. The predicted octanol–water partition coefficient (Wildman–Crippen LogP) is 3.45. The van der Waals surface area contributed by atoms with Crippen LogP contribution in [0.4, 0.5) is 0 Å². The predicted molar refractivity (Wildman–Crippen MR) is 132 cm³/mol. The zero-order chi connectivity index (χ0) is 26.4. The smallest absolute Gasteiger partial charge is 0.322 e. The van der Waals surface area contributed by atoms with Crippen LogP contribution in [-0.2, 0) is 24.6 Å². The number of aliphatic carboxylic acids is 2. The van der Waals surface area contributed by atoms with Crippen LogP contribution < -0.4 is 10.1 Å². The second-order valence-corrected chi connectivity index (χ2v) is 9.15. The zero-order valence-corrected chi connectivity index (χ0v) is 21.3. The van der Waals surface area contributed by atoms with Crippen LogP contribution in [0.5, 0.6) is 5.75 Å². The number of hydrogen-bond acceptors (Lipinski definition) is 6. The van der Waals surface area contributed by atoms with Crippen LogP contribution in [0.25, 0.3) is 0 Å². The Hall–Kier alpha value is -2.94. The summed E-state index contributed by atoms with van der Waals surface area (Å²) in [6, 6.07) is 7.29. The van der Waals surface area contributed by atoms with Crippen LogP contribution >= 0.6 is 0 Å². The fraction of sp³-hybridized carbons (Fsp3) is 0.615. The summed E-state index contributed by atoms with van der Waals surface area (Å²) in [5, 5.41) is 19.9. The molecule has 2 rings (SSSR count). The van der Waals surface area contributed by atoms with Gasteiger partial charge in [0.1, 0.15) is 12.3 Å². The number of esters is 1. The Balaban J connectivity index is 0.00000194. The molecule has 1 amide bonds. The van der Waals surface area contributed by atoms with Crippen molar-refractivity contribution in [1.29, 1.82) is 0 Å². The van der Waals surface area contributed by atoms with Crippen molar-refractivity contribution in [3.8, 4) is 5.75 Å². The van der Waals surface area contributed by atoms with Crippen LogP contribution in [0, 0.1) is 5.92 Å². The van der Waals surface area contributed by atoms with E-state index in [0.717, 1.165) is 44.3 Å². The Morgan fingerprint density at radius 3 is 2.37 bits per heavy atom. The molecule has 1 fully saturated rings. The summed E-state index contributed by atoms with van der Waals surface area (Å²) in [6.45, 7) is 7.73. The number of nitrogens with one attached hydrogen (secondary N) is 1. The number of amides is 1. The third-order valence-electron chi connectivity index (χ3n) is 5.98. The van der Waals surface area contributed by atoms with Gasteiger partial charge in [0.05, 0.1) is 12.3 Å². The molecule has 1 saturated heterocycles. The van der Waals surface area contributed by atoms with Crippen LogP contribution in [0.3, 0.4) is 0 Å². The highest BCUT2D eigenvalue weighted by Gasteiger charge is 2.34. The van der Waals surface area contributed by atoms with E-state index in [1.807, 2.05) is 18.2 Å². The van der Waals surface area contributed by atoms with Crippen molar-refractivity contribution in [2.75, 3.05) is 26.7 Å². The summed E-state index contributed by atoms with van der Waals surface area (Å²) < 4.78 is 5.47. The Labute approximate surface area is 207 Å². The molecule has 1 aliphatic heterocycles. The largest absolute Gasteiger partial charge is 0.481 e. The number of rotatable bonds is 10. The quantitative estimate of drug-likeness (QED) is 0.334.